The maximum atomic E-state index is 12.8. The van der Waals surface area contributed by atoms with Gasteiger partial charge >= 0.3 is 0 Å². The number of nitrogens with zero attached hydrogens (tertiary/aromatic N) is 1. The van der Waals surface area contributed by atoms with Crippen LogP contribution in [0.4, 0.5) is 5.69 Å². The molecule has 0 aliphatic rings. The second-order valence-electron chi connectivity index (χ2n) is 6.76. The molecule has 26 heavy (non-hydrogen) atoms. The zero-order valence-corrected chi connectivity index (χ0v) is 15.0. The summed E-state index contributed by atoms with van der Waals surface area (Å²) in [6, 6.07) is 18.4. The predicted molar refractivity (Wildman–Crippen MR) is 103 cm³/mol. The van der Waals surface area contributed by atoms with Gasteiger partial charge in [0.25, 0.3) is 5.56 Å². The van der Waals surface area contributed by atoms with Crippen molar-refractivity contribution in [1.29, 1.82) is 0 Å². The van der Waals surface area contributed by atoms with E-state index in [1.807, 2.05) is 62.4 Å². The number of hydrogen-bond donors (Lipinski definition) is 2. The Hall–Kier alpha value is -3.21. The number of aryl methyl sites for hydroxylation is 1. The van der Waals surface area contributed by atoms with Gasteiger partial charge in [-0.25, -0.2) is 4.98 Å². The molecule has 1 amide bonds. The number of aromatic amines is 1. The fraction of sp³-hybridized carbons (Fsp3) is 0.190. The van der Waals surface area contributed by atoms with E-state index in [4.69, 9.17) is 0 Å². The number of carbonyl (C=O) groups is 1. The molecule has 0 fully saturated rings. The molecule has 132 valence electrons. The summed E-state index contributed by atoms with van der Waals surface area (Å²) in [6.45, 7) is 5.55. The first-order valence-corrected chi connectivity index (χ1v) is 8.41. The van der Waals surface area contributed by atoms with Crippen molar-refractivity contribution in [2.45, 2.75) is 26.2 Å². The van der Waals surface area contributed by atoms with Gasteiger partial charge in [0.1, 0.15) is 5.82 Å². The van der Waals surface area contributed by atoms with Crippen LogP contribution in [0.5, 0.6) is 0 Å². The fourth-order valence-electron chi connectivity index (χ4n) is 2.73. The Morgan fingerprint density at radius 3 is 2.46 bits per heavy atom. The van der Waals surface area contributed by atoms with Crippen LogP contribution in [-0.2, 0) is 10.2 Å². The van der Waals surface area contributed by atoms with E-state index in [9.17, 15) is 9.59 Å². The number of anilines is 1. The van der Waals surface area contributed by atoms with Gasteiger partial charge in [-0.2, -0.15) is 0 Å². The third-order valence-electron chi connectivity index (χ3n) is 4.33. The summed E-state index contributed by atoms with van der Waals surface area (Å²) in [5.74, 6) is 0.375. The second kappa shape index (κ2) is 6.96. The molecule has 0 spiro atoms. The van der Waals surface area contributed by atoms with Crippen LogP contribution in [-0.4, -0.2) is 15.9 Å². The van der Waals surface area contributed by atoms with E-state index in [2.05, 4.69) is 15.3 Å². The molecule has 2 aromatic carbocycles. The first-order chi connectivity index (χ1) is 12.4. The molecule has 3 rings (SSSR count). The summed E-state index contributed by atoms with van der Waals surface area (Å²) in [4.78, 5) is 31.6. The van der Waals surface area contributed by atoms with Gasteiger partial charge in [0.15, 0.2) is 0 Å². The van der Waals surface area contributed by atoms with Crippen molar-refractivity contribution >= 4 is 11.6 Å². The van der Waals surface area contributed by atoms with E-state index in [1.165, 1.54) is 6.07 Å². The SMILES string of the molecule is Cc1cc(=O)[nH]c(-c2cccc(NC(=O)C(C)(C)c3ccccc3)c2)n1. The lowest BCUT2D eigenvalue weighted by Gasteiger charge is -2.24. The highest BCUT2D eigenvalue weighted by atomic mass is 16.2. The molecule has 0 aliphatic heterocycles. The number of nitrogens with one attached hydrogen (secondary N) is 2. The molecule has 0 saturated carbocycles. The second-order valence-corrected chi connectivity index (χ2v) is 6.76. The Bertz CT molecular complexity index is 991. The van der Waals surface area contributed by atoms with E-state index in [0.717, 1.165) is 11.1 Å². The molecule has 3 aromatic rings. The van der Waals surface area contributed by atoms with E-state index in [1.54, 1.807) is 13.0 Å². The van der Waals surface area contributed by atoms with Crippen molar-refractivity contribution in [2.75, 3.05) is 5.32 Å². The summed E-state index contributed by atoms with van der Waals surface area (Å²) in [6.07, 6.45) is 0. The topological polar surface area (TPSA) is 74.8 Å². The monoisotopic (exact) mass is 347 g/mol. The van der Waals surface area contributed by atoms with Gasteiger partial charge in [0.05, 0.1) is 5.41 Å². The van der Waals surface area contributed by atoms with Crippen molar-refractivity contribution in [1.82, 2.24) is 9.97 Å². The lowest BCUT2D eigenvalue weighted by Crippen LogP contribution is -2.34. The molecule has 5 heteroatoms. The van der Waals surface area contributed by atoms with Crippen LogP contribution in [0.15, 0.2) is 65.5 Å². The number of hydrogen-bond acceptors (Lipinski definition) is 3. The van der Waals surface area contributed by atoms with Gasteiger partial charge in [-0.3, -0.25) is 9.59 Å². The smallest absolute Gasteiger partial charge is 0.251 e. The average molecular weight is 347 g/mol. The lowest BCUT2D eigenvalue weighted by atomic mass is 9.83. The van der Waals surface area contributed by atoms with E-state index in [-0.39, 0.29) is 11.5 Å². The first kappa shape index (κ1) is 17.6. The summed E-state index contributed by atoms with van der Waals surface area (Å²) < 4.78 is 0. The van der Waals surface area contributed by atoms with Crippen LogP contribution in [0, 0.1) is 6.92 Å². The van der Waals surface area contributed by atoms with Gasteiger partial charge in [0.2, 0.25) is 5.91 Å². The zero-order valence-electron chi connectivity index (χ0n) is 15.0. The largest absolute Gasteiger partial charge is 0.325 e. The minimum atomic E-state index is -0.673. The number of H-pyrrole nitrogens is 1. The van der Waals surface area contributed by atoms with Gasteiger partial charge in [-0.1, -0.05) is 42.5 Å². The molecule has 0 bridgehead atoms. The van der Waals surface area contributed by atoms with Crippen LogP contribution in [0.1, 0.15) is 25.1 Å². The Labute approximate surface area is 152 Å². The number of rotatable bonds is 4. The molecule has 0 atom stereocenters. The quantitative estimate of drug-likeness (QED) is 0.756. The molecular weight excluding hydrogens is 326 g/mol. The van der Waals surface area contributed by atoms with E-state index >= 15 is 0 Å². The third kappa shape index (κ3) is 3.72. The Balaban J connectivity index is 1.87. The summed E-state index contributed by atoms with van der Waals surface area (Å²) >= 11 is 0. The molecule has 5 nitrogen and oxygen atoms in total. The summed E-state index contributed by atoms with van der Waals surface area (Å²) in [5.41, 5.74) is 2.10. The summed E-state index contributed by atoms with van der Waals surface area (Å²) in [7, 11) is 0. The maximum Gasteiger partial charge on any atom is 0.251 e. The number of carbonyl (C=O) groups excluding carboxylic acids is 1. The summed E-state index contributed by atoms with van der Waals surface area (Å²) in [5, 5.41) is 2.96. The van der Waals surface area contributed by atoms with Crippen molar-refractivity contribution in [3.63, 3.8) is 0 Å². The molecular formula is C21H21N3O2. The number of benzene rings is 2. The van der Waals surface area contributed by atoms with Crippen molar-refractivity contribution < 1.29 is 4.79 Å². The number of amides is 1. The number of aromatic nitrogens is 2. The molecule has 1 aromatic heterocycles. The van der Waals surface area contributed by atoms with Crippen LogP contribution in [0.2, 0.25) is 0 Å². The lowest BCUT2D eigenvalue weighted by molar-refractivity contribution is -0.120. The van der Waals surface area contributed by atoms with Gasteiger partial charge in [-0.05, 0) is 38.5 Å². The standard InChI is InChI=1S/C21H21N3O2/c1-14-12-18(25)24-19(22-14)15-8-7-11-17(13-15)23-20(26)21(2,3)16-9-5-4-6-10-16/h4-13H,1-3H3,(H,23,26)(H,22,24,25). The molecule has 1 heterocycles. The molecule has 2 N–H and O–H groups in total. The Morgan fingerprint density at radius 2 is 1.77 bits per heavy atom. The fourth-order valence-corrected chi connectivity index (χ4v) is 2.73. The zero-order chi connectivity index (χ0) is 18.7. The minimum absolute atomic E-state index is 0.105. The van der Waals surface area contributed by atoms with Gasteiger partial charge < -0.3 is 10.3 Å². The molecule has 0 unspecified atom stereocenters. The predicted octanol–water partition coefficient (Wildman–Crippen LogP) is 3.66. The highest BCUT2D eigenvalue weighted by molar-refractivity contribution is 5.98. The molecule has 0 aliphatic carbocycles. The van der Waals surface area contributed by atoms with E-state index < -0.39 is 5.41 Å². The van der Waals surface area contributed by atoms with Crippen LogP contribution in [0.3, 0.4) is 0 Å². The molecule has 0 radical (unpaired) electrons. The highest BCUT2D eigenvalue weighted by Gasteiger charge is 2.29. The normalized spacial score (nSPS) is 11.2. The Kier molecular flexibility index (Phi) is 4.71. The maximum absolute atomic E-state index is 12.8. The third-order valence-corrected chi connectivity index (χ3v) is 4.33. The minimum Gasteiger partial charge on any atom is -0.325 e. The first-order valence-electron chi connectivity index (χ1n) is 8.41. The molecule has 0 saturated heterocycles. The Morgan fingerprint density at radius 1 is 1.04 bits per heavy atom. The van der Waals surface area contributed by atoms with Crippen LogP contribution < -0.4 is 10.9 Å². The van der Waals surface area contributed by atoms with Gasteiger partial charge in [-0.15, -0.1) is 0 Å². The van der Waals surface area contributed by atoms with Gasteiger partial charge in [0, 0.05) is 23.0 Å². The van der Waals surface area contributed by atoms with Crippen LogP contribution in [0.25, 0.3) is 11.4 Å². The van der Waals surface area contributed by atoms with Crippen LogP contribution >= 0.6 is 0 Å². The van der Waals surface area contributed by atoms with Crippen molar-refractivity contribution in [3.05, 3.63) is 82.3 Å². The highest BCUT2D eigenvalue weighted by Crippen LogP contribution is 2.26. The van der Waals surface area contributed by atoms with E-state index in [0.29, 0.717) is 17.2 Å². The van der Waals surface area contributed by atoms with Crippen molar-refractivity contribution in [3.8, 4) is 11.4 Å². The van der Waals surface area contributed by atoms with Crippen molar-refractivity contribution in [2.24, 2.45) is 0 Å². The average Bonchev–Trinajstić information content (AvgIpc) is 2.62.